The number of hydrogen-bond donors (Lipinski definition) is 1. The largest absolute Gasteiger partial charge is 0.392 e. The van der Waals surface area contributed by atoms with E-state index in [1.54, 1.807) is 16.2 Å². The van der Waals surface area contributed by atoms with Gasteiger partial charge in [-0.3, -0.25) is 4.79 Å². The minimum Gasteiger partial charge on any atom is -0.392 e. The van der Waals surface area contributed by atoms with Crippen molar-refractivity contribution in [2.75, 3.05) is 13.1 Å². The van der Waals surface area contributed by atoms with Gasteiger partial charge < -0.3 is 10.6 Å². The van der Waals surface area contributed by atoms with Crippen LogP contribution in [-0.4, -0.2) is 28.9 Å². The van der Waals surface area contributed by atoms with Gasteiger partial charge in [-0.1, -0.05) is 37.3 Å². The number of thiocarbonyl (C=S) groups is 1. The molecule has 1 aromatic carbocycles. The monoisotopic (exact) mass is 292 g/mol. The first-order valence-corrected chi connectivity index (χ1v) is 7.46. The van der Waals surface area contributed by atoms with Crippen LogP contribution in [0.2, 0.25) is 0 Å². The molecule has 0 aliphatic heterocycles. The zero-order chi connectivity index (χ0) is 13.8. The van der Waals surface area contributed by atoms with Gasteiger partial charge in [0.25, 0.3) is 5.91 Å². The topological polar surface area (TPSA) is 46.3 Å². The number of rotatable bonds is 5. The minimum absolute atomic E-state index is 0.00657. The van der Waals surface area contributed by atoms with Crippen molar-refractivity contribution in [2.45, 2.75) is 13.3 Å². The third-order valence-corrected chi connectivity index (χ3v) is 3.93. The molecule has 0 fully saturated rings. The SMILES string of the molecule is CCCN(CC(N)=S)C(=O)c1csc2ccccc12. The molecule has 0 atom stereocenters. The summed E-state index contributed by atoms with van der Waals surface area (Å²) in [4.78, 5) is 14.6. The molecule has 1 amide bonds. The third kappa shape index (κ3) is 3.11. The zero-order valence-electron chi connectivity index (χ0n) is 10.8. The predicted octanol–water partition coefficient (Wildman–Crippen LogP) is 3.04. The van der Waals surface area contributed by atoms with Crippen LogP contribution in [0.25, 0.3) is 10.1 Å². The summed E-state index contributed by atoms with van der Waals surface area (Å²) >= 11 is 6.50. The zero-order valence-corrected chi connectivity index (χ0v) is 12.4. The van der Waals surface area contributed by atoms with Crippen LogP contribution in [0.4, 0.5) is 0 Å². The number of carbonyl (C=O) groups is 1. The Hall–Kier alpha value is -1.46. The highest BCUT2D eigenvalue weighted by Gasteiger charge is 2.19. The molecule has 2 rings (SSSR count). The quantitative estimate of drug-likeness (QED) is 0.862. The number of fused-ring (bicyclic) bond motifs is 1. The van der Waals surface area contributed by atoms with E-state index < -0.39 is 0 Å². The van der Waals surface area contributed by atoms with E-state index in [0.717, 1.165) is 22.1 Å². The predicted molar refractivity (Wildman–Crippen MR) is 84.8 cm³/mol. The number of hydrogen-bond acceptors (Lipinski definition) is 3. The molecule has 0 saturated heterocycles. The smallest absolute Gasteiger partial charge is 0.255 e. The van der Waals surface area contributed by atoms with E-state index in [0.29, 0.717) is 18.1 Å². The number of amides is 1. The summed E-state index contributed by atoms with van der Waals surface area (Å²) in [5.74, 6) is 0.00657. The molecule has 0 saturated carbocycles. The second-order valence-corrected chi connectivity index (χ2v) is 5.77. The molecule has 2 aromatic rings. The van der Waals surface area contributed by atoms with Crippen LogP contribution in [0.1, 0.15) is 23.7 Å². The molecule has 1 aromatic heterocycles. The highest BCUT2D eigenvalue weighted by Crippen LogP contribution is 2.26. The Morgan fingerprint density at radius 3 is 2.84 bits per heavy atom. The molecule has 0 spiro atoms. The first-order chi connectivity index (χ1) is 9.13. The highest BCUT2D eigenvalue weighted by molar-refractivity contribution is 7.80. The third-order valence-electron chi connectivity index (χ3n) is 2.84. The highest BCUT2D eigenvalue weighted by atomic mass is 32.1. The van der Waals surface area contributed by atoms with Crippen molar-refractivity contribution in [3.63, 3.8) is 0 Å². The Labute approximate surface area is 122 Å². The summed E-state index contributed by atoms with van der Waals surface area (Å²) < 4.78 is 1.12. The Morgan fingerprint density at radius 2 is 2.16 bits per heavy atom. The summed E-state index contributed by atoms with van der Waals surface area (Å²) in [5.41, 5.74) is 6.31. The number of thiophene rings is 1. The van der Waals surface area contributed by atoms with E-state index in [-0.39, 0.29) is 5.91 Å². The molecular weight excluding hydrogens is 276 g/mol. The van der Waals surface area contributed by atoms with E-state index >= 15 is 0 Å². The lowest BCUT2D eigenvalue weighted by Gasteiger charge is -2.21. The van der Waals surface area contributed by atoms with Crippen molar-refractivity contribution in [2.24, 2.45) is 5.73 Å². The van der Waals surface area contributed by atoms with Crippen LogP contribution < -0.4 is 5.73 Å². The van der Waals surface area contributed by atoms with Gasteiger partial charge in [0, 0.05) is 22.0 Å². The summed E-state index contributed by atoms with van der Waals surface area (Å²) in [5, 5.41) is 2.91. The van der Waals surface area contributed by atoms with Crippen molar-refractivity contribution in [3.8, 4) is 0 Å². The van der Waals surface area contributed by atoms with E-state index in [1.165, 1.54) is 0 Å². The van der Waals surface area contributed by atoms with Gasteiger partial charge in [0.15, 0.2) is 0 Å². The molecule has 3 nitrogen and oxygen atoms in total. The number of benzene rings is 1. The summed E-state index contributed by atoms with van der Waals surface area (Å²) in [6, 6.07) is 7.92. The molecule has 1 heterocycles. The second-order valence-electron chi connectivity index (χ2n) is 4.34. The maximum Gasteiger partial charge on any atom is 0.255 e. The minimum atomic E-state index is 0.00657. The van der Waals surface area contributed by atoms with Gasteiger partial charge in [0.05, 0.1) is 17.1 Å². The van der Waals surface area contributed by atoms with Crippen LogP contribution in [-0.2, 0) is 0 Å². The Kier molecular flexibility index (Phi) is 4.50. The first kappa shape index (κ1) is 14.0. The van der Waals surface area contributed by atoms with Gasteiger partial charge in [-0.2, -0.15) is 0 Å². The maximum atomic E-state index is 12.6. The van der Waals surface area contributed by atoms with Crippen molar-refractivity contribution < 1.29 is 4.79 Å². The van der Waals surface area contributed by atoms with Crippen LogP contribution >= 0.6 is 23.6 Å². The summed E-state index contributed by atoms with van der Waals surface area (Å²) in [6.45, 7) is 3.04. The van der Waals surface area contributed by atoms with Crippen LogP contribution in [0.5, 0.6) is 0 Å². The fourth-order valence-corrected chi connectivity index (χ4v) is 3.11. The van der Waals surface area contributed by atoms with E-state index in [4.69, 9.17) is 18.0 Å². The lowest BCUT2D eigenvalue weighted by molar-refractivity contribution is 0.0782. The van der Waals surface area contributed by atoms with Gasteiger partial charge in [-0.05, 0) is 12.5 Å². The van der Waals surface area contributed by atoms with Gasteiger partial charge in [-0.25, -0.2) is 0 Å². The van der Waals surface area contributed by atoms with Crippen molar-refractivity contribution in [1.82, 2.24) is 4.90 Å². The van der Waals surface area contributed by atoms with Crippen LogP contribution in [0.15, 0.2) is 29.6 Å². The van der Waals surface area contributed by atoms with E-state index in [2.05, 4.69) is 0 Å². The fraction of sp³-hybridized carbons (Fsp3) is 0.286. The van der Waals surface area contributed by atoms with Gasteiger partial charge >= 0.3 is 0 Å². The lowest BCUT2D eigenvalue weighted by atomic mass is 10.1. The molecule has 5 heteroatoms. The molecule has 0 unspecified atom stereocenters. The molecule has 0 aliphatic carbocycles. The number of nitrogens with two attached hydrogens (primary N) is 1. The fourth-order valence-electron chi connectivity index (χ4n) is 2.02. The molecule has 0 bridgehead atoms. The maximum absolute atomic E-state index is 12.6. The van der Waals surface area contributed by atoms with Gasteiger partial charge in [0.1, 0.15) is 0 Å². The molecule has 2 N–H and O–H groups in total. The van der Waals surface area contributed by atoms with Crippen LogP contribution in [0, 0.1) is 0 Å². The number of nitrogens with zero attached hydrogens (tertiary/aromatic N) is 1. The summed E-state index contributed by atoms with van der Waals surface area (Å²) in [6.07, 6.45) is 0.885. The van der Waals surface area contributed by atoms with E-state index in [1.807, 2.05) is 36.6 Å². The molecule has 0 aliphatic rings. The standard InChI is InChI=1S/C14H16N2OS2/c1-2-7-16(8-13(15)18)14(17)11-9-19-12-6-4-3-5-10(11)12/h3-6,9H,2,7-8H2,1H3,(H2,15,18). The Bertz CT molecular complexity index is 606. The number of carbonyl (C=O) groups excluding carboxylic acids is 1. The van der Waals surface area contributed by atoms with Gasteiger partial charge in [-0.15, -0.1) is 11.3 Å². The molecule has 100 valence electrons. The Balaban J connectivity index is 2.33. The van der Waals surface area contributed by atoms with Crippen LogP contribution in [0.3, 0.4) is 0 Å². The average Bonchev–Trinajstić information content (AvgIpc) is 2.80. The Morgan fingerprint density at radius 1 is 1.42 bits per heavy atom. The molecular formula is C14H16N2OS2. The normalized spacial score (nSPS) is 10.6. The second kappa shape index (κ2) is 6.12. The lowest BCUT2D eigenvalue weighted by Crippen LogP contribution is -2.38. The van der Waals surface area contributed by atoms with Crippen molar-refractivity contribution in [3.05, 3.63) is 35.2 Å². The van der Waals surface area contributed by atoms with Crippen molar-refractivity contribution in [1.29, 1.82) is 0 Å². The molecule has 19 heavy (non-hydrogen) atoms. The summed E-state index contributed by atoms with van der Waals surface area (Å²) in [7, 11) is 0. The average molecular weight is 292 g/mol. The first-order valence-electron chi connectivity index (χ1n) is 6.17. The molecule has 0 radical (unpaired) electrons. The van der Waals surface area contributed by atoms with E-state index in [9.17, 15) is 4.79 Å². The van der Waals surface area contributed by atoms with Crippen molar-refractivity contribution >= 4 is 44.5 Å². The van der Waals surface area contributed by atoms with Gasteiger partial charge in [0.2, 0.25) is 0 Å².